The molecule has 190 valence electrons. The number of nitrogens with one attached hydrogen (secondary N) is 1. The van der Waals surface area contributed by atoms with Gasteiger partial charge >= 0.3 is 5.97 Å². The number of esters is 1. The maximum Gasteiger partial charge on any atom is 0.339 e. The van der Waals surface area contributed by atoms with Gasteiger partial charge in [-0.15, -0.1) is 0 Å². The van der Waals surface area contributed by atoms with Crippen LogP contribution in [-0.2, 0) is 29.4 Å². The van der Waals surface area contributed by atoms with E-state index in [1.807, 2.05) is 54.6 Å². The Kier molecular flexibility index (Phi) is 6.65. The van der Waals surface area contributed by atoms with E-state index in [4.69, 9.17) is 9.72 Å². The van der Waals surface area contributed by atoms with Gasteiger partial charge in [-0.05, 0) is 63.3 Å². The number of para-hydroxylation sites is 2. The first-order valence-electron chi connectivity index (χ1n) is 12.6. The summed E-state index contributed by atoms with van der Waals surface area (Å²) in [7, 11) is 1.75. The van der Waals surface area contributed by atoms with E-state index < -0.39 is 18.0 Å². The minimum absolute atomic E-state index is 0.155. The average molecular weight is 499 g/mol. The van der Waals surface area contributed by atoms with Crippen molar-refractivity contribution in [2.24, 2.45) is 7.05 Å². The van der Waals surface area contributed by atoms with Crippen LogP contribution in [0.2, 0.25) is 0 Å². The second-order valence-electron chi connectivity index (χ2n) is 9.46. The number of carbonyl (C=O) groups excluding carboxylic acids is 2. The maximum absolute atomic E-state index is 13.5. The molecule has 1 aliphatic rings. The van der Waals surface area contributed by atoms with Gasteiger partial charge in [0.15, 0.2) is 6.10 Å². The lowest BCUT2D eigenvalue weighted by molar-refractivity contribution is -0.123. The van der Waals surface area contributed by atoms with Gasteiger partial charge in [-0.25, -0.2) is 9.48 Å². The molecule has 1 N–H and O–H groups in total. The Morgan fingerprint density at radius 3 is 2.49 bits per heavy atom. The van der Waals surface area contributed by atoms with Gasteiger partial charge in [-0.3, -0.25) is 19.3 Å². The molecule has 0 spiro atoms. The zero-order valence-electron chi connectivity index (χ0n) is 21.3. The molecule has 2 aromatic carbocycles. The fraction of sp³-hybridized carbons (Fsp3) is 0.310. The van der Waals surface area contributed by atoms with Crippen molar-refractivity contribution in [3.63, 3.8) is 0 Å². The van der Waals surface area contributed by atoms with Crippen LogP contribution in [0.15, 0.2) is 59.4 Å². The molecule has 0 saturated heterocycles. The first-order chi connectivity index (χ1) is 17.9. The van der Waals surface area contributed by atoms with Crippen molar-refractivity contribution < 1.29 is 14.3 Å². The molecule has 1 atom stereocenters. The third-order valence-electron chi connectivity index (χ3n) is 7.08. The number of aryl methyl sites for hydroxylation is 1. The van der Waals surface area contributed by atoms with Gasteiger partial charge < -0.3 is 10.1 Å². The van der Waals surface area contributed by atoms with Crippen LogP contribution in [0.3, 0.4) is 0 Å². The number of nitrogens with zero attached hydrogens (tertiary/aromatic N) is 3. The Bertz CT molecular complexity index is 1550. The Hall–Kier alpha value is -4.20. The number of ether oxygens (including phenoxy) is 1. The first-order valence-corrected chi connectivity index (χ1v) is 12.6. The Morgan fingerprint density at radius 2 is 1.70 bits per heavy atom. The lowest BCUT2D eigenvalue weighted by Gasteiger charge is -2.17. The highest BCUT2D eigenvalue weighted by molar-refractivity contribution is 6.06. The Labute approximate surface area is 214 Å². The van der Waals surface area contributed by atoms with E-state index in [2.05, 4.69) is 5.32 Å². The highest BCUT2D eigenvalue weighted by Gasteiger charge is 2.27. The van der Waals surface area contributed by atoms with Crippen molar-refractivity contribution in [2.45, 2.75) is 52.1 Å². The van der Waals surface area contributed by atoms with Gasteiger partial charge in [-0.1, -0.05) is 42.8 Å². The van der Waals surface area contributed by atoms with Crippen LogP contribution in [0.25, 0.3) is 16.6 Å². The molecule has 0 fully saturated rings. The summed E-state index contributed by atoms with van der Waals surface area (Å²) in [5, 5.41) is 3.42. The molecule has 37 heavy (non-hydrogen) atoms. The lowest BCUT2D eigenvalue weighted by Crippen LogP contribution is -2.32. The first kappa shape index (κ1) is 24.5. The van der Waals surface area contributed by atoms with Gasteiger partial charge in [0.25, 0.3) is 11.5 Å². The number of aromatic nitrogens is 3. The largest absolute Gasteiger partial charge is 0.449 e. The molecule has 8 heteroatoms. The number of carbonyl (C=O) groups is 2. The van der Waals surface area contributed by atoms with Crippen molar-refractivity contribution in [2.75, 3.05) is 5.32 Å². The topological polar surface area (TPSA) is 95.2 Å². The summed E-state index contributed by atoms with van der Waals surface area (Å²) in [6.07, 6.45) is 3.55. The number of hydrogen-bond acceptors (Lipinski definition) is 5. The van der Waals surface area contributed by atoms with Crippen LogP contribution < -0.4 is 10.9 Å². The van der Waals surface area contributed by atoms with Crippen LogP contribution in [0.1, 0.15) is 53.5 Å². The van der Waals surface area contributed by atoms with E-state index in [-0.39, 0.29) is 11.2 Å². The molecule has 0 aliphatic heterocycles. The summed E-state index contributed by atoms with van der Waals surface area (Å²) in [4.78, 5) is 44.6. The lowest BCUT2D eigenvalue weighted by atomic mass is 9.97. The molecular formula is C29H30N4O4. The molecule has 1 aliphatic carbocycles. The molecule has 0 bridgehead atoms. The molecule has 2 heterocycles. The number of rotatable bonds is 5. The SMILES string of the molecule is Cc1c(NC(=O)[C@H](C)OC(=O)c2c3c(nc4ccccc24)CCCCC3)c(=O)n(-c2ccccc2)n1C. The smallest absolute Gasteiger partial charge is 0.339 e. The van der Waals surface area contributed by atoms with E-state index in [1.54, 1.807) is 18.7 Å². The van der Waals surface area contributed by atoms with E-state index in [0.717, 1.165) is 54.3 Å². The Morgan fingerprint density at radius 1 is 1.00 bits per heavy atom. The second kappa shape index (κ2) is 10.0. The van der Waals surface area contributed by atoms with Crippen LogP contribution in [0.4, 0.5) is 5.69 Å². The van der Waals surface area contributed by atoms with E-state index >= 15 is 0 Å². The summed E-state index contributed by atoms with van der Waals surface area (Å²) in [6, 6.07) is 16.7. The van der Waals surface area contributed by atoms with Gasteiger partial charge in [0.2, 0.25) is 0 Å². The van der Waals surface area contributed by atoms with Crippen molar-refractivity contribution in [1.29, 1.82) is 0 Å². The molecule has 2 aromatic heterocycles. The second-order valence-corrected chi connectivity index (χ2v) is 9.46. The zero-order valence-corrected chi connectivity index (χ0v) is 21.3. The van der Waals surface area contributed by atoms with E-state index in [1.165, 1.54) is 11.6 Å². The molecule has 1 amide bonds. The number of amides is 1. The van der Waals surface area contributed by atoms with Gasteiger partial charge in [0.1, 0.15) is 5.69 Å². The van der Waals surface area contributed by atoms with E-state index in [0.29, 0.717) is 16.9 Å². The van der Waals surface area contributed by atoms with Gasteiger partial charge in [0.05, 0.1) is 22.5 Å². The molecule has 0 radical (unpaired) electrons. The predicted octanol–water partition coefficient (Wildman–Crippen LogP) is 4.49. The number of pyridine rings is 1. The third-order valence-corrected chi connectivity index (χ3v) is 7.08. The minimum atomic E-state index is -1.11. The van der Waals surface area contributed by atoms with Crippen molar-refractivity contribution in [3.05, 3.63) is 87.5 Å². The fourth-order valence-corrected chi connectivity index (χ4v) is 4.99. The molecule has 0 saturated carbocycles. The highest BCUT2D eigenvalue weighted by atomic mass is 16.5. The number of anilines is 1. The highest BCUT2D eigenvalue weighted by Crippen LogP contribution is 2.29. The molecule has 5 rings (SSSR count). The monoisotopic (exact) mass is 498 g/mol. The molecule has 4 aromatic rings. The van der Waals surface area contributed by atoms with Gasteiger partial charge in [0, 0.05) is 18.1 Å². The van der Waals surface area contributed by atoms with Gasteiger partial charge in [-0.2, -0.15) is 0 Å². The van der Waals surface area contributed by atoms with Crippen LogP contribution in [0, 0.1) is 6.92 Å². The normalized spacial score (nSPS) is 14.0. The van der Waals surface area contributed by atoms with E-state index in [9.17, 15) is 14.4 Å². The molecule has 8 nitrogen and oxygen atoms in total. The predicted molar refractivity (Wildman–Crippen MR) is 142 cm³/mol. The quantitative estimate of drug-likeness (QED) is 0.323. The standard InChI is InChI=1S/C29H30N4O4/c1-18-26(28(35)33(32(18)3)20-12-6-4-7-13-20)31-27(34)19(2)37-29(36)25-21-14-8-5-9-16-23(21)30-24-17-11-10-15-22(24)25/h4,6-7,10-13,15,17,19H,5,8-9,14,16H2,1-3H3,(H,31,34)/t19-/m0/s1. The molecular weight excluding hydrogens is 468 g/mol. The molecule has 0 unspecified atom stereocenters. The average Bonchev–Trinajstić information content (AvgIpc) is 3.04. The number of hydrogen-bond donors (Lipinski definition) is 1. The summed E-state index contributed by atoms with van der Waals surface area (Å²) in [5.74, 6) is -1.12. The van der Waals surface area contributed by atoms with Crippen LogP contribution in [-0.4, -0.2) is 32.3 Å². The van der Waals surface area contributed by atoms with Crippen molar-refractivity contribution in [1.82, 2.24) is 14.3 Å². The maximum atomic E-state index is 13.5. The zero-order chi connectivity index (χ0) is 26.1. The summed E-state index contributed by atoms with van der Waals surface area (Å²) < 4.78 is 8.86. The summed E-state index contributed by atoms with van der Waals surface area (Å²) in [6.45, 7) is 3.27. The number of benzene rings is 2. The minimum Gasteiger partial charge on any atom is -0.449 e. The summed E-state index contributed by atoms with van der Waals surface area (Å²) in [5.41, 5.74) is 4.15. The van der Waals surface area contributed by atoms with Crippen LogP contribution >= 0.6 is 0 Å². The Balaban J connectivity index is 1.42. The fourth-order valence-electron chi connectivity index (χ4n) is 4.99. The van der Waals surface area contributed by atoms with Crippen molar-refractivity contribution in [3.8, 4) is 5.69 Å². The summed E-state index contributed by atoms with van der Waals surface area (Å²) >= 11 is 0. The van der Waals surface area contributed by atoms with Crippen LogP contribution in [0.5, 0.6) is 0 Å². The number of fused-ring (bicyclic) bond motifs is 2. The third kappa shape index (κ3) is 4.55. The van der Waals surface area contributed by atoms with Crippen molar-refractivity contribution >= 4 is 28.5 Å².